The summed E-state index contributed by atoms with van der Waals surface area (Å²) >= 11 is 10.2. The smallest absolute Gasteiger partial charge is 0.266 e. The van der Waals surface area contributed by atoms with Crippen LogP contribution < -0.4 is 4.74 Å². The summed E-state index contributed by atoms with van der Waals surface area (Å²) in [6.07, 6.45) is 1.87. The summed E-state index contributed by atoms with van der Waals surface area (Å²) in [4.78, 5) is 14.6. The molecule has 4 rings (SSSR count). The fourth-order valence-corrected chi connectivity index (χ4v) is 5.03. The third-order valence-electron chi connectivity index (χ3n) is 4.65. The predicted molar refractivity (Wildman–Crippen MR) is 128 cm³/mol. The Hall–Kier alpha value is -2.15. The van der Waals surface area contributed by atoms with Crippen molar-refractivity contribution in [2.45, 2.75) is 13.5 Å². The van der Waals surface area contributed by atoms with Crippen molar-refractivity contribution >= 4 is 67.0 Å². The number of hydrogen-bond acceptors (Lipinski definition) is 4. The van der Waals surface area contributed by atoms with Crippen LogP contribution in [0.5, 0.6) is 5.75 Å². The monoisotopic (exact) mass is 483 g/mol. The van der Waals surface area contributed by atoms with Gasteiger partial charge in [0.05, 0.1) is 9.38 Å². The highest BCUT2D eigenvalue weighted by Crippen LogP contribution is 2.34. The first-order valence-electron chi connectivity index (χ1n) is 9.20. The predicted octanol–water partition coefficient (Wildman–Crippen LogP) is 6.40. The maximum Gasteiger partial charge on any atom is 0.266 e. The Morgan fingerprint density at radius 1 is 1.10 bits per heavy atom. The van der Waals surface area contributed by atoms with Crippen molar-refractivity contribution in [3.8, 4) is 5.75 Å². The van der Waals surface area contributed by atoms with E-state index >= 15 is 0 Å². The van der Waals surface area contributed by atoms with E-state index in [2.05, 4.69) is 46.3 Å². The molecule has 3 nitrogen and oxygen atoms in total. The number of carbonyl (C=O) groups is 1. The van der Waals surface area contributed by atoms with Gasteiger partial charge >= 0.3 is 0 Å². The van der Waals surface area contributed by atoms with Gasteiger partial charge in [-0.2, -0.15) is 0 Å². The molecule has 0 saturated carbocycles. The number of amides is 1. The number of thiocarbonyl (C=S) groups is 1. The Labute approximate surface area is 187 Å². The molecule has 0 N–H and O–H groups in total. The van der Waals surface area contributed by atoms with Crippen molar-refractivity contribution in [2.24, 2.45) is 0 Å². The van der Waals surface area contributed by atoms with E-state index in [4.69, 9.17) is 17.0 Å². The zero-order chi connectivity index (χ0) is 20.4. The zero-order valence-electron chi connectivity index (χ0n) is 15.7. The average molecular weight is 484 g/mol. The SMILES string of the molecule is CCN1C(=O)/C(=C/c2ccc(OCc3ccc4ccccc4c3)c(Br)c2)SC1=S. The third-order valence-corrected chi connectivity index (χ3v) is 6.65. The number of hydrogen-bond donors (Lipinski definition) is 0. The van der Waals surface area contributed by atoms with Crippen LogP contribution in [0.1, 0.15) is 18.1 Å². The first-order chi connectivity index (χ1) is 14.0. The van der Waals surface area contributed by atoms with E-state index in [1.807, 2.05) is 43.3 Å². The lowest BCUT2D eigenvalue weighted by Crippen LogP contribution is -2.27. The van der Waals surface area contributed by atoms with Crippen molar-refractivity contribution in [1.29, 1.82) is 0 Å². The van der Waals surface area contributed by atoms with Gasteiger partial charge in [0, 0.05) is 6.54 Å². The fraction of sp³-hybridized carbons (Fsp3) is 0.130. The molecular formula is C23H18BrNO2S2. The summed E-state index contributed by atoms with van der Waals surface area (Å²) in [5.74, 6) is 0.728. The molecule has 1 amide bonds. The van der Waals surface area contributed by atoms with Crippen LogP contribution in [0.4, 0.5) is 0 Å². The van der Waals surface area contributed by atoms with Crippen molar-refractivity contribution in [2.75, 3.05) is 6.54 Å². The van der Waals surface area contributed by atoms with Gasteiger partial charge in [0.25, 0.3) is 5.91 Å². The zero-order valence-corrected chi connectivity index (χ0v) is 18.9. The fourth-order valence-electron chi connectivity index (χ4n) is 3.14. The second-order valence-electron chi connectivity index (χ2n) is 6.59. The molecule has 1 aliphatic heterocycles. The molecular weight excluding hydrogens is 466 g/mol. The Morgan fingerprint density at radius 2 is 1.90 bits per heavy atom. The highest BCUT2D eigenvalue weighted by molar-refractivity contribution is 9.10. The Kier molecular flexibility index (Phi) is 6.04. The summed E-state index contributed by atoms with van der Waals surface area (Å²) in [6.45, 7) is 3.00. The van der Waals surface area contributed by atoms with Gasteiger partial charge < -0.3 is 4.74 Å². The standard InChI is InChI=1S/C23H18BrNO2S2/c1-2-25-22(26)21(29-23(25)28)13-15-8-10-20(19(24)12-15)27-14-16-7-9-17-5-3-4-6-18(17)11-16/h3-13H,2,14H2,1H3/b21-13-. The molecule has 0 bridgehead atoms. The van der Waals surface area contributed by atoms with E-state index in [-0.39, 0.29) is 5.91 Å². The third kappa shape index (κ3) is 4.39. The van der Waals surface area contributed by atoms with E-state index in [9.17, 15) is 4.79 Å². The Balaban J connectivity index is 1.48. The van der Waals surface area contributed by atoms with Gasteiger partial charge in [-0.05, 0) is 69.0 Å². The van der Waals surface area contributed by atoms with E-state index in [1.165, 1.54) is 22.5 Å². The van der Waals surface area contributed by atoms with Gasteiger partial charge in [-0.15, -0.1) is 0 Å². The van der Waals surface area contributed by atoms with E-state index in [1.54, 1.807) is 4.90 Å². The van der Waals surface area contributed by atoms with Gasteiger partial charge in [-0.3, -0.25) is 9.69 Å². The first-order valence-corrected chi connectivity index (χ1v) is 11.2. The minimum Gasteiger partial charge on any atom is -0.488 e. The number of likely N-dealkylation sites (N-methyl/N-ethyl adjacent to an activating group) is 1. The molecule has 1 heterocycles. The van der Waals surface area contributed by atoms with Crippen LogP contribution in [0.15, 0.2) is 70.0 Å². The summed E-state index contributed by atoms with van der Waals surface area (Å²) < 4.78 is 7.46. The Morgan fingerprint density at radius 3 is 2.62 bits per heavy atom. The molecule has 6 heteroatoms. The summed E-state index contributed by atoms with van der Waals surface area (Å²) in [5, 5.41) is 2.42. The largest absolute Gasteiger partial charge is 0.488 e. The highest BCUT2D eigenvalue weighted by Gasteiger charge is 2.30. The van der Waals surface area contributed by atoms with Gasteiger partial charge in [-0.25, -0.2) is 0 Å². The van der Waals surface area contributed by atoms with E-state index in [0.717, 1.165) is 21.3 Å². The minimum atomic E-state index is -0.0322. The minimum absolute atomic E-state index is 0.0322. The number of rotatable bonds is 5. The van der Waals surface area contributed by atoms with E-state index < -0.39 is 0 Å². The van der Waals surface area contributed by atoms with Gasteiger partial charge in [0.2, 0.25) is 0 Å². The summed E-state index contributed by atoms with van der Waals surface area (Å²) in [5.41, 5.74) is 2.04. The number of benzene rings is 3. The van der Waals surface area contributed by atoms with Crippen LogP contribution in [-0.2, 0) is 11.4 Å². The molecule has 146 valence electrons. The lowest BCUT2D eigenvalue weighted by atomic mass is 10.1. The molecule has 0 radical (unpaired) electrons. The van der Waals surface area contributed by atoms with Crippen molar-refractivity contribution < 1.29 is 9.53 Å². The van der Waals surface area contributed by atoms with Crippen LogP contribution in [-0.4, -0.2) is 21.7 Å². The molecule has 1 saturated heterocycles. The Bertz CT molecular complexity index is 1140. The van der Waals surface area contributed by atoms with Crippen LogP contribution >= 0.6 is 39.9 Å². The summed E-state index contributed by atoms with van der Waals surface area (Å²) in [7, 11) is 0. The number of nitrogens with zero attached hydrogens (tertiary/aromatic N) is 1. The van der Waals surface area contributed by atoms with Gasteiger partial charge in [0.15, 0.2) is 0 Å². The maximum absolute atomic E-state index is 12.4. The quantitative estimate of drug-likeness (QED) is 0.310. The molecule has 0 aromatic heterocycles. The number of carbonyl (C=O) groups excluding carboxylic acids is 1. The van der Waals surface area contributed by atoms with Crippen molar-refractivity contribution in [1.82, 2.24) is 4.90 Å². The molecule has 0 unspecified atom stereocenters. The van der Waals surface area contributed by atoms with Crippen LogP contribution in [0.25, 0.3) is 16.8 Å². The number of fused-ring (bicyclic) bond motifs is 1. The second kappa shape index (κ2) is 8.69. The van der Waals surface area contributed by atoms with Crippen molar-refractivity contribution in [3.63, 3.8) is 0 Å². The normalized spacial score (nSPS) is 15.5. The molecule has 3 aromatic rings. The van der Waals surface area contributed by atoms with Gasteiger partial charge in [-0.1, -0.05) is 66.4 Å². The topological polar surface area (TPSA) is 29.5 Å². The van der Waals surface area contributed by atoms with Crippen LogP contribution in [0.3, 0.4) is 0 Å². The first kappa shape index (κ1) is 20.1. The lowest BCUT2D eigenvalue weighted by molar-refractivity contribution is -0.121. The lowest BCUT2D eigenvalue weighted by Gasteiger charge is -2.10. The molecule has 0 atom stereocenters. The van der Waals surface area contributed by atoms with Gasteiger partial charge in [0.1, 0.15) is 16.7 Å². The molecule has 1 aliphatic rings. The molecule has 29 heavy (non-hydrogen) atoms. The number of halogens is 1. The van der Waals surface area contributed by atoms with Crippen LogP contribution in [0, 0.1) is 0 Å². The average Bonchev–Trinajstić information content (AvgIpc) is 2.99. The summed E-state index contributed by atoms with van der Waals surface area (Å²) in [6, 6.07) is 20.4. The highest BCUT2D eigenvalue weighted by atomic mass is 79.9. The molecule has 0 spiro atoms. The number of ether oxygens (including phenoxy) is 1. The molecule has 1 fully saturated rings. The number of thioether (sulfide) groups is 1. The second-order valence-corrected chi connectivity index (χ2v) is 9.12. The maximum atomic E-state index is 12.4. The molecule has 3 aromatic carbocycles. The van der Waals surface area contributed by atoms with E-state index in [0.29, 0.717) is 22.4 Å². The van der Waals surface area contributed by atoms with Crippen molar-refractivity contribution in [3.05, 3.63) is 81.2 Å². The molecule has 0 aliphatic carbocycles. The van der Waals surface area contributed by atoms with Crippen LogP contribution in [0.2, 0.25) is 0 Å².